The summed E-state index contributed by atoms with van der Waals surface area (Å²) < 4.78 is 5.30. The van der Waals surface area contributed by atoms with Gasteiger partial charge in [0.1, 0.15) is 11.2 Å². The van der Waals surface area contributed by atoms with Crippen molar-refractivity contribution in [2.24, 2.45) is 0 Å². The number of pyridine rings is 1. The highest BCUT2D eigenvalue weighted by Gasteiger charge is 2.39. The smallest absolute Gasteiger partial charge is 0.261 e. The zero-order valence-electron chi connectivity index (χ0n) is 11.9. The van der Waals surface area contributed by atoms with Gasteiger partial charge in [0.25, 0.3) is 11.5 Å². The summed E-state index contributed by atoms with van der Waals surface area (Å²) in [6.45, 7) is 5.78. The molecule has 1 aliphatic rings. The fourth-order valence-electron chi connectivity index (χ4n) is 2.46. The van der Waals surface area contributed by atoms with Crippen LogP contribution in [0, 0.1) is 13.8 Å². The number of aliphatic hydroxyl groups is 1. The average molecular weight is 280 g/mol. The molecule has 0 aliphatic carbocycles. The van der Waals surface area contributed by atoms with Gasteiger partial charge >= 0.3 is 0 Å². The Morgan fingerprint density at radius 1 is 1.60 bits per heavy atom. The van der Waals surface area contributed by atoms with E-state index in [1.807, 2.05) is 0 Å². The molecule has 6 heteroatoms. The predicted molar refractivity (Wildman–Crippen MR) is 73.9 cm³/mol. The third-order valence-corrected chi connectivity index (χ3v) is 3.81. The van der Waals surface area contributed by atoms with Crippen LogP contribution in [0.5, 0.6) is 0 Å². The molecule has 110 valence electrons. The lowest BCUT2D eigenvalue weighted by molar-refractivity contribution is -0.0251. The maximum Gasteiger partial charge on any atom is 0.261 e. The van der Waals surface area contributed by atoms with Crippen LogP contribution in [0.2, 0.25) is 0 Å². The molecule has 2 atom stereocenters. The molecule has 20 heavy (non-hydrogen) atoms. The largest absolute Gasteiger partial charge is 0.385 e. The lowest BCUT2D eigenvalue weighted by atomic mass is 9.96. The molecule has 0 spiro atoms. The van der Waals surface area contributed by atoms with Gasteiger partial charge in [-0.05, 0) is 32.4 Å². The number of carbonyl (C=O) groups is 1. The van der Waals surface area contributed by atoms with Gasteiger partial charge in [-0.15, -0.1) is 0 Å². The number of H-pyrrole nitrogens is 1. The van der Waals surface area contributed by atoms with Crippen molar-refractivity contribution in [3.8, 4) is 0 Å². The van der Waals surface area contributed by atoms with Crippen molar-refractivity contribution < 1.29 is 14.6 Å². The van der Waals surface area contributed by atoms with E-state index >= 15 is 0 Å². The number of hydrogen-bond acceptors (Lipinski definition) is 4. The highest BCUT2D eigenvalue weighted by molar-refractivity contribution is 5.95. The Morgan fingerprint density at radius 3 is 2.85 bits per heavy atom. The topological polar surface area (TPSA) is 91.4 Å². The Hall–Kier alpha value is -1.66. The maximum atomic E-state index is 12.1. The van der Waals surface area contributed by atoms with Crippen LogP contribution >= 0.6 is 0 Å². The summed E-state index contributed by atoms with van der Waals surface area (Å²) in [4.78, 5) is 26.6. The Kier molecular flexibility index (Phi) is 3.96. The molecular weight excluding hydrogens is 260 g/mol. The first kappa shape index (κ1) is 14.7. The van der Waals surface area contributed by atoms with Gasteiger partial charge in [-0.2, -0.15) is 0 Å². The van der Waals surface area contributed by atoms with Crippen molar-refractivity contribution in [3.05, 3.63) is 33.2 Å². The summed E-state index contributed by atoms with van der Waals surface area (Å²) in [6, 6.07) is 1.74. The molecule has 1 amide bonds. The van der Waals surface area contributed by atoms with Crippen LogP contribution in [0.25, 0.3) is 0 Å². The minimum Gasteiger partial charge on any atom is -0.385 e. The van der Waals surface area contributed by atoms with Crippen molar-refractivity contribution in [1.29, 1.82) is 0 Å². The van der Waals surface area contributed by atoms with Gasteiger partial charge in [-0.25, -0.2) is 0 Å². The third kappa shape index (κ3) is 2.76. The molecule has 0 radical (unpaired) electrons. The number of amides is 1. The normalized spacial score (nSPS) is 25.7. The van der Waals surface area contributed by atoms with E-state index in [0.717, 1.165) is 0 Å². The molecule has 0 bridgehead atoms. The summed E-state index contributed by atoms with van der Waals surface area (Å²) in [5.41, 5.74) is -0.0680. The van der Waals surface area contributed by atoms with Crippen molar-refractivity contribution in [1.82, 2.24) is 10.3 Å². The van der Waals surface area contributed by atoms with Crippen molar-refractivity contribution >= 4 is 5.91 Å². The predicted octanol–water partition coefficient (Wildman–Crippen LogP) is 0.261. The van der Waals surface area contributed by atoms with E-state index in [1.54, 1.807) is 26.8 Å². The summed E-state index contributed by atoms with van der Waals surface area (Å²) in [7, 11) is 0. The Morgan fingerprint density at radius 2 is 2.30 bits per heavy atom. The van der Waals surface area contributed by atoms with Crippen LogP contribution in [0.3, 0.4) is 0 Å². The monoisotopic (exact) mass is 280 g/mol. The van der Waals surface area contributed by atoms with Gasteiger partial charge in [0.15, 0.2) is 0 Å². The number of nitrogens with one attached hydrogen (secondary N) is 2. The quantitative estimate of drug-likeness (QED) is 0.740. The molecule has 2 rings (SSSR count). The molecule has 0 aromatic carbocycles. The molecule has 0 saturated carbocycles. The van der Waals surface area contributed by atoms with Crippen molar-refractivity contribution in [3.63, 3.8) is 0 Å². The Balaban J connectivity index is 2.12. The van der Waals surface area contributed by atoms with Crippen molar-refractivity contribution in [2.45, 2.75) is 38.9 Å². The van der Waals surface area contributed by atoms with E-state index in [2.05, 4.69) is 10.3 Å². The number of hydrogen-bond donors (Lipinski definition) is 3. The lowest BCUT2D eigenvalue weighted by Crippen LogP contribution is -2.48. The molecule has 3 N–H and O–H groups in total. The van der Waals surface area contributed by atoms with Gasteiger partial charge in [-0.1, -0.05) is 0 Å². The van der Waals surface area contributed by atoms with Crippen molar-refractivity contribution in [2.75, 3.05) is 13.2 Å². The van der Waals surface area contributed by atoms with E-state index in [1.165, 1.54) is 0 Å². The summed E-state index contributed by atoms with van der Waals surface area (Å²) in [5, 5.41) is 12.9. The minimum absolute atomic E-state index is 0.0692. The molecule has 1 aliphatic heterocycles. The fraction of sp³-hybridized carbons (Fsp3) is 0.571. The number of rotatable bonds is 3. The van der Waals surface area contributed by atoms with E-state index in [-0.39, 0.29) is 18.2 Å². The zero-order chi connectivity index (χ0) is 14.9. The molecule has 1 fully saturated rings. The fourth-order valence-corrected chi connectivity index (χ4v) is 2.46. The molecule has 2 heterocycles. The summed E-state index contributed by atoms with van der Waals surface area (Å²) >= 11 is 0. The van der Waals surface area contributed by atoms with E-state index in [4.69, 9.17) is 4.74 Å². The summed E-state index contributed by atoms with van der Waals surface area (Å²) in [6.07, 6.45) is 0.137. The van der Waals surface area contributed by atoms with Crippen LogP contribution in [0.15, 0.2) is 10.9 Å². The average Bonchev–Trinajstić information content (AvgIpc) is 2.66. The highest BCUT2D eigenvalue weighted by Crippen LogP contribution is 2.24. The van der Waals surface area contributed by atoms with Crippen LogP contribution in [0.1, 0.15) is 35.0 Å². The summed E-state index contributed by atoms with van der Waals surface area (Å²) in [5.74, 6) is -0.476. The zero-order valence-corrected chi connectivity index (χ0v) is 11.9. The van der Waals surface area contributed by atoms with E-state index < -0.39 is 17.1 Å². The maximum absolute atomic E-state index is 12.1. The first-order chi connectivity index (χ1) is 9.33. The van der Waals surface area contributed by atoms with Gasteiger partial charge in [-0.3, -0.25) is 9.59 Å². The Bertz CT molecular complexity index is 581. The molecule has 2 unspecified atom stereocenters. The minimum atomic E-state index is -1.07. The molecule has 1 aromatic rings. The lowest BCUT2D eigenvalue weighted by Gasteiger charge is -2.26. The molecule has 6 nitrogen and oxygen atoms in total. The van der Waals surface area contributed by atoms with Crippen LogP contribution < -0.4 is 10.9 Å². The number of carbonyl (C=O) groups excluding carboxylic acids is 1. The first-order valence-corrected chi connectivity index (χ1v) is 6.66. The van der Waals surface area contributed by atoms with Gasteiger partial charge in [0, 0.05) is 25.3 Å². The van der Waals surface area contributed by atoms with Gasteiger partial charge in [0.2, 0.25) is 0 Å². The second-order valence-corrected chi connectivity index (χ2v) is 5.39. The first-order valence-electron chi connectivity index (χ1n) is 6.66. The molecular formula is C14H20N2O4. The number of ether oxygens (including phenoxy) is 1. The SMILES string of the molecule is Cc1cc(C)c(C(=O)NCC2(O)CCOC2C)c(=O)[nH]1. The standard InChI is InChI=1S/C14H20N2O4/c1-8-6-9(2)16-13(18)11(8)12(17)15-7-14(19)4-5-20-10(14)3/h6,10,19H,4-5,7H2,1-3H3,(H,15,17)(H,16,18). The van der Waals surface area contributed by atoms with Gasteiger partial charge in [0.05, 0.1) is 6.10 Å². The van der Waals surface area contributed by atoms with Gasteiger partial charge < -0.3 is 20.1 Å². The molecule has 1 saturated heterocycles. The van der Waals surface area contributed by atoms with Crippen LogP contribution in [-0.4, -0.2) is 40.9 Å². The third-order valence-electron chi connectivity index (χ3n) is 3.81. The van der Waals surface area contributed by atoms with E-state index in [0.29, 0.717) is 24.3 Å². The number of aryl methyl sites for hydroxylation is 2. The Labute approximate surface area is 117 Å². The highest BCUT2D eigenvalue weighted by atomic mass is 16.5. The van der Waals surface area contributed by atoms with Crippen LogP contribution in [-0.2, 0) is 4.74 Å². The second kappa shape index (κ2) is 5.38. The van der Waals surface area contributed by atoms with Crippen LogP contribution in [0.4, 0.5) is 0 Å². The van der Waals surface area contributed by atoms with E-state index in [9.17, 15) is 14.7 Å². The second-order valence-electron chi connectivity index (χ2n) is 5.39. The molecule has 1 aromatic heterocycles. The number of aromatic amines is 1. The number of aromatic nitrogens is 1.